The minimum Gasteiger partial charge on any atom is -0.493 e. The van der Waals surface area contributed by atoms with Gasteiger partial charge in [0.15, 0.2) is 6.29 Å². The van der Waals surface area contributed by atoms with Crippen molar-refractivity contribution in [2.24, 2.45) is 0 Å². The van der Waals surface area contributed by atoms with E-state index in [9.17, 15) is 9.59 Å². The Balaban J connectivity index is 1.75. The number of ether oxygens (including phenoxy) is 2. The van der Waals surface area contributed by atoms with Gasteiger partial charge in [-0.2, -0.15) is 0 Å². The summed E-state index contributed by atoms with van der Waals surface area (Å²) in [7, 11) is 0. The quantitative estimate of drug-likeness (QED) is 0.282. The van der Waals surface area contributed by atoms with Crippen LogP contribution in [0.15, 0.2) is 49.1 Å². The van der Waals surface area contributed by atoms with Gasteiger partial charge >= 0.3 is 5.97 Å². The lowest BCUT2D eigenvalue weighted by atomic mass is 10.0. The highest BCUT2D eigenvalue weighted by molar-refractivity contribution is 6.00. The molecule has 4 heteroatoms. The predicted octanol–water partition coefficient (Wildman–Crippen LogP) is 4.32. The molecule has 0 aliphatic carbocycles. The zero-order valence-electron chi connectivity index (χ0n) is 13.7. The Labute approximate surface area is 142 Å². The Morgan fingerprint density at radius 2 is 1.75 bits per heavy atom. The maximum Gasteiger partial charge on any atom is 0.330 e. The van der Waals surface area contributed by atoms with E-state index in [1.54, 1.807) is 0 Å². The molecule has 0 N–H and O–H groups in total. The van der Waals surface area contributed by atoms with Crippen molar-refractivity contribution in [3.05, 3.63) is 54.6 Å². The fourth-order valence-corrected chi connectivity index (χ4v) is 2.49. The number of hydrogen-bond donors (Lipinski definition) is 0. The summed E-state index contributed by atoms with van der Waals surface area (Å²) in [5.41, 5.74) is 0.601. The molecule has 0 aliphatic rings. The lowest BCUT2D eigenvalue weighted by molar-refractivity contribution is -0.137. The molecule has 4 nitrogen and oxygen atoms in total. The van der Waals surface area contributed by atoms with Crippen LogP contribution in [0.5, 0.6) is 5.75 Å². The molecule has 0 saturated heterocycles. The maximum absolute atomic E-state index is 11.4. The van der Waals surface area contributed by atoms with Gasteiger partial charge in [-0.1, -0.05) is 36.9 Å². The molecule has 0 unspecified atom stereocenters. The number of unbranched alkanes of at least 4 members (excludes halogenated alkanes) is 3. The van der Waals surface area contributed by atoms with Crippen LogP contribution in [0.1, 0.15) is 36.0 Å². The molecule has 0 fully saturated rings. The minimum atomic E-state index is -0.379. The van der Waals surface area contributed by atoms with Crippen LogP contribution < -0.4 is 4.74 Å². The molecule has 0 radical (unpaired) electrons. The third-order valence-corrected chi connectivity index (χ3v) is 3.76. The molecule has 2 rings (SSSR count). The summed E-state index contributed by atoms with van der Waals surface area (Å²) < 4.78 is 10.7. The highest BCUT2D eigenvalue weighted by Crippen LogP contribution is 2.26. The van der Waals surface area contributed by atoms with E-state index in [1.807, 2.05) is 36.4 Å². The van der Waals surface area contributed by atoms with Crippen LogP contribution in [-0.4, -0.2) is 25.5 Å². The van der Waals surface area contributed by atoms with Gasteiger partial charge in [0.2, 0.25) is 0 Å². The fourth-order valence-electron chi connectivity index (χ4n) is 2.49. The second-order valence-corrected chi connectivity index (χ2v) is 5.45. The molecular formula is C20H22O4. The Kier molecular flexibility index (Phi) is 7.02. The SMILES string of the molecule is C=CC(=O)OCCCCCCOc1ccc2ccccc2c1C=O. The Bertz CT molecular complexity index is 706. The van der Waals surface area contributed by atoms with Crippen LogP contribution in [0.3, 0.4) is 0 Å². The lowest BCUT2D eigenvalue weighted by Crippen LogP contribution is -2.03. The molecule has 0 spiro atoms. The van der Waals surface area contributed by atoms with Gasteiger partial charge in [0.1, 0.15) is 5.75 Å². The van der Waals surface area contributed by atoms with Crippen LogP contribution in [0.4, 0.5) is 0 Å². The van der Waals surface area contributed by atoms with E-state index in [2.05, 4.69) is 6.58 Å². The smallest absolute Gasteiger partial charge is 0.330 e. The zero-order chi connectivity index (χ0) is 17.2. The van der Waals surface area contributed by atoms with E-state index >= 15 is 0 Å². The van der Waals surface area contributed by atoms with E-state index < -0.39 is 0 Å². The summed E-state index contributed by atoms with van der Waals surface area (Å²) in [6.07, 6.45) is 5.69. The summed E-state index contributed by atoms with van der Waals surface area (Å²) in [4.78, 5) is 22.3. The summed E-state index contributed by atoms with van der Waals surface area (Å²) >= 11 is 0. The molecule has 2 aromatic carbocycles. The molecule has 0 heterocycles. The third kappa shape index (κ3) is 4.95. The molecule has 126 valence electrons. The zero-order valence-corrected chi connectivity index (χ0v) is 13.7. The fraction of sp³-hybridized carbons (Fsp3) is 0.300. The first-order valence-electron chi connectivity index (χ1n) is 8.15. The molecule has 2 aromatic rings. The lowest BCUT2D eigenvalue weighted by Gasteiger charge is -2.10. The van der Waals surface area contributed by atoms with Crippen molar-refractivity contribution in [1.82, 2.24) is 0 Å². The summed E-state index contributed by atoms with van der Waals surface area (Å²) in [6.45, 7) is 4.33. The molecule has 0 aliphatic heterocycles. The van der Waals surface area contributed by atoms with Crippen molar-refractivity contribution >= 4 is 23.0 Å². The molecule has 0 atom stereocenters. The average molecular weight is 326 g/mol. The first kappa shape index (κ1) is 17.7. The first-order chi connectivity index (χ1) is 11.8. The van der Waals surface area contributed by atoms with Gasteiger partial charge in [0, 0.05) is 6.08 Å². The topological polar surface area (TPSA) is 52.6 Å². The summed E-state index contributed by atoms with van der Waals surface area (Å²) in [5, 5.41) is 1.94. The van der Waals surface area contributed by atoms with Crippen molar-refractivity contribution in [3.63, 3.8) is 0 Å². The second kappa shape index (κ2) is 9.50. The monoisotopic (exact) mass is 326 g/mol. The molecule has 0 bridgehead atoms. The van der Waals surface area contributed by atoms with Gasteiger partial charge in [-0.3, -0.25) is 4.79 Å². The Hall–Kier alpha value is -2.62. The van der Waals surface area contributed by atoms with E-state index in [-0.39, 0.29) is 5.97 Å². The van der Waals surface area contributed by atoms with Gasteiger partial charge in [-0.15, -0.1) is 0 Å². The number of hydrogen-bond acceptors (Lipinski definition) is 4. The number of carbonyl (C=O) groups excluding carboxylic acids is 2. The van der Waals surface area contributed by atoms with Crippen molar-refractivity contribution in [1.29, 1.82) is 0 Å². The third-order valence-electron chi connectivity index (χ3n) is 3.76. The highest BCUT2D eigenvalue weighted by Gasteiger charge is 2.07. The van der Waals surface area contributed by atoms with Crippen LogP contribution in [0, 0.1) is 0 Å². The molecular weight excluding hydrogens is 304 g/mol. The minimum absolute atomic E-state index is 0.379. The Morgan fingerprint density at radius 1 is 1.00 bits per heavy atom. The van der Waals surface area contributed by atoms with Crippen LogP contribution in [0.25, 0.3) is 10.8 Å². The van der Waals surface area contributed by atoms with Gasteiger partial charge in [-0.25, -0.2) is 4.79 Å². The normalized spacial score (nSPS) is 10.3. The van der Waals surface area contributed by atoms with Gasteiger partial charge in [-0.05, 0) is 42.5 Å². The predicted molar refractivity (Wildman–Crippen MR) is 94.5 cm³/mol. The van der Waals surface area contributed by atoms with Crippen LogP contribution in [-0.2, 0) is 9.53 Å². The largest absolute Gasteiger partial charge is 0.493 e. The van der Waals surface area contributed by atoms with E-state index in [0.29, 0.717) is 24.5 Å². The van der Waals surface area contributed by atoms with Crippen molar-refractivity contribution in [2.75, 3.05) is 13.2 Å². The van der Waals surface area contributed by atoms with Gasteiger partial charge < -0.3 is 9.47 Å². The van der Waals surface area contributed by atoms with Crippen molar-refractivity contribution < 1.29 is 19.1 Å². The molecule has 0 amide bonds. The standard InChI is InChI=1S/C20H22O4/c1-2-20(22)24-14-8-4-3-7-13-23-19-12-11-16-9-5-6-10-17(16)18(19)15-21/h2,5-6,9-12,15H,1,3-4,7-8,13-14H2. The highest BCUT2D eigenvalue weighted by atomic mass is 16.5. The molecule has 0 saturated carbocycles. The number of carbonyl (C=O) groups is 2. The van der Waals surface area contributed by atoms with Crippen LogP contribution >= 0.6 is 0 Å². The Morgan fingerprint density at radius 3 is 2.50 bits per heavy atom. The summed E-state index contributed by atoms with van der Waals surface area (Å²) in [6, 6.07) is 11.6. The average Bonchev–Trinajstić information content (AvgIpc) is 2.63. The maximum atomic E-state index is 11.4. The second-order valence-electron chi connectivity index (χ2n) is 5.45. The van der Waals surface area contributed by atoms with E-state index in [1.165, 1.54) is 6.08 Å². The first-order valence-corrected chi connectivity index (χ1v) is 8.15. The van der Waals surface area contributed by atoms with Crippen molar-refractivity contribution in [3.8, 4) is 5.75 Å². The van der Waals surface area contributed by atoms with E-state index in [4.69, 9.17) is 9.47 Å². The van der Waals surface area contributed by atoms with E-state index in [0.717, 1.165) is 42.7 Å². The summed E-state index contributed by atoms with van der Waals surface area (Å²) in [5.74, 6) is 0.250. The number of rotatable bonds is 10. The molecule has 24 heavy (non-hydrogen) atoms. The van der Waals surface area contributed by atoms with Crippen molar-refractivity contribution in [2.45, 2.75) is 25.7 Å². The number of aldehydes is 1. The number of fused-ring (bicyclic) bond motifs is 1. The van der Waals surface area contributed by atoms with Crippen LogP contribution in [0.2, 0.25) is 0 Å². The number of esters is 1. The molecule has 0 aromatic heterocycles. The number of benzene rings is 2. The van der Waals surface area contributed by atoms with Gasteiger partial charge in [0.05, 0.1) is 18.8 Å². The van der Waals surface area contributed by atoms with Gasteiger partial charge in [0.25, 0.3) is 0 Å².